The van der Waals surface area contributed by atoms with Gasteiger partial charge in [-0.05, 0) is 30.5 Å². The number of sulfonamides is 1. The third kappa shape index (κ3) is 5.88. The van der Waals surface area contributed by atoms with Gasteiger partial charge in [0.15, 0.2) is 0 Å². The van der Waals surface area contributed by atoms with Gasteiger partial charge >= 0.3 is 0 Å². The van der Waals surface area contributed by atoms with E-state index in [1.807, 2.05) is 0 Å². The zero-order chi connectivity index (χ0) is 22.4. The van der Waals surface area contributed by atoms with Crippen molar-refractivity contribution >= 4 is 28.0 Å². The highest BCUT2D eigenvalue weighted by molar-refractivity contribution is 7.89. The maximum absolute atomic E-state index is 12.9. The predicted octanol–water partition coefficient (Wildman–Crippen LogP) is 2.36. The number of hydrogen-bond acceptors (Lipinski definition) is 7. The van der Waals surface area contributed by atoms with E-state index >= 15 is 0 Å². The molecule has 3 heterocycles. The number of piperidine rings is 1. The molecule has 9 nitrogen and oxygen atoms in total. The number of pyridine rings is 2. The largest absolute Gasteiger partial charge is 0.473 e. The molecule has 0 aliphatic carbocycles. The van der Waals surface area contributed by atoms with Crippen LogP contribution in [0.4, 0.5) is 4.39 Å². The lowest BCUT2D eigenvalue weighted by atomic mass is 10.1. The first-order chi connectivity index (χ1) is 14.8. The standard InChI is InChI=1S/C19H22ClFN4O5S/c20-17-8-14(9-21)10-23-19(17)30-16-3-6-24(7-4-16)31(28,29)12-18(25(27)13-26)15-2-1-5-22-11-15/h1-2,5,8,10-11,13,16,18,27H,3-4,6-7,9,12H2. The molecule has 1 N–H and O–H groups in total. The van der Waals surface area contributed by atoms with E-state index in [1.165, 1.54) is 29.0 Å². The molecule has 0 aromatic carbocycles. The van der Waals surface area contributed by atoms with Crippen molar-refractivity contribution in [2.75, 3.05) is 18.8 Å². The van der Waals surface area contributed by atoms with Gasteiger partial charge in [-0.1, -0.05) is 17.7 Å². The zero-order valence-electron chi connectivity index (χ0n) is 16.5. The number of nitrogens with zero attached hydrogens (tertiary/aromatic N) is 4. The van der Waals surface area contributed by atoms with Gasteiger partial charge in [-0.2, -0.15) is 0 Å². The van der Waals surface area contributed by atoms with Crippen LogP contribution in [0.25, 0.3) is 0 Å². The van der Waals surface area contributed by atoms with Crippen LogP contribution >= 0.6 is 11.6 Å². The second kappa shape index (κ2) is 10.3. The maximum Gasteiger partial charge on any atom is 0.233 e. The number of rotatable bonds is 9. The summed E-state index contributed by atoms with van der Waals surface area (Å²) in [5.74, 6) is -0.309. The Morgan fingerprint density at radius 3 is 2.71 bits per heavy atom. The van der Waals surface area contributed by atoms with E-state index in [9.17, 15) is 22.8 Å². The Kier molecular flexibility index (Phi) is 7.76. The smallest absolute Gasteiger partial charge is 0.233 e. The fourth-order valence-electron chi connectivity index (χ4n) is 3.29. The number of hydroxylamine groups is 2. The van der Waals surface area contributed by atoms with Gasteiger partial charge in [0.2, 0.25) is 22.3 Å². The molecule has 1 saturated heterocycles. The molecule has 168 valence electrons. The van der Waals surface area contributed by atoms with Crippen LogP contribution in [0.15, 0.2) is 36.8 Å². The summed E-state index contributed by atoms with van der Waals surface area (Å²) in [6.07, 6.45) is 4.91. The molecule has 0 radical (unpaired) electrons. The van der Waals surface area contributed by atoms with E-state index in [1.54, 1.807) is 12.1 Å². The van der Waals surface area contributed by atoms with Crippen molar-refractivity contribution in [2.45, 2.75) is 31.7 Å². The van der Waals surface area contributed by atoms with Crippen molar-refractivity contribution in [3.8, 4) is 5.88 Å². The molecule has 1 fully saturated rings. The van der Waals surface area contributed by atoms with Crippen LogP contribution in [-0.4, -0.2) is 64.3 Å². The fraction of sp³-hybridized carbons (Fsp3) is 0.421. The lowest BCUT2D eigenvalue weighted by molar-refractivity contribution is -0.159. The Labute approximate surface area is 184 Å². The Morgan fingerprint density at radius 2 is 2.13 bits per heavy atom. The first-order valence-corrected chi connectivity index (χ1v) is 11.5. The van der Waals surface area contributed by atoms with Crippen LogP contribution in [0.3, 0.4) is 0 Å². The lowest BCUT2D eigenvalue weighted by Gasteiger charge is -2.33. The summed E-state index contributed by atoms with van der Waals surface area (Å²) >= 11 is 6.07. The summed E-state index contributed by atoms with van der Waals surface area (Å²) in [6.45, 7) is -0.294. The van der Waals surface area contributed by atoms with Gasteiger partial charge in [0.05, 0.1) is 5.75 Å². The minimum absolute atomic E-state index is 0.165. The highest BCUT2D eigenvalue weighted by Crippen LogP contribution is 2.28. The first kappa shape index (κ1) is 23.3. The van der Waals surface area contributed by atoms with Crippen molar-refractivity contribution in [1.82, 2.24) is 19.3 Å². The van der Waals surface area contributed by atoms with Gasteiger partial charge < -0.3 is 4.74 Å². The number of amides is 1. The molecule has 1 aliphatic rings. The van der Waals surface area contributed by atoms with Crippen molar-refractivity contribution in [3.63, 3.8) is 0 Å². The first-order valence-electron chi connectivity index (χ1n) is 9.51. The van der Waals surface area contributed by atoms with Gasteiger partial charge in [-0.25, -0.2) is 27.2 Å². The van der Waals surface area contributed by atoms with Crippen molar-refractivity contribution in [3.05, 3.63) is 52.9 Å². The maximum atomic E-state index is 12.9. The molecule has 0 spiro atoms. The average Bonchev–Trinajstić information content (AvgIpc) is 2.79. The third-order valence-electron chi connectivity index (χ3n) is 4.96. The van der Waals surface area contributed by atoms with E-state index in [-0.39, 0.29) is 36.5 Å². The normalized spacial score (nSPS) is 16.6. The molecule has 0 bridgehead atoms. The topological polar surface area (TPSA) is 113 Å². The van der Waals surface area contributed by atoms with Crippen LogP contribution in [0.2, 0.25) is 5.02 Å². The van der Waals surface area contributed by atoms with Gasteiger partial charge in [-0.15, -0.1) is 0 Å². The number of aromatic nitrogens is 2. The Hall–Kier alpha value is -2.34. The van der Waals surface area contributed by atoms with Gasteiger partial charge in [-0.3, -0.25) is 15.0 Å². The average molecular weight is 473 g/mol. The van der Waals surface area contributed by atoms with E-state index in [4.69, 9.17) is 16.3 Å². The van der Waals surface area contributed by atoms with Gasteiger partial charge in [0.1, 0.15) is 23.8 Å². The monoisotopic (exact) mass is 472 g/mol. The highest BCUT2D eigenvalue weighted by atomic mass is 35.5. The summed E-state index contributed by atoms with van der Waals surface area (Å²) in [5, 5.41) is 10.4. The zero-order valence-corrected chi connectivity index (χ0v) is 18.0. The lowest BCUT2D eigenvalue weighted by Crippen LogP contribution is -2.44. The molecule has 3 rings (SSSR count). The van der Waals surface area contributed by atoms with Crippen LogP contribution in [-0.2, 0) is 21.5 Å². The molecule has 12 heteroatoms. The highest BCUT2D eigenvalue weighted by Gasteiger charge is 2.33. The fourth-order valence-corrected chi connectivity index (χ4v) is 5.24. The molecule has 1 aliphatic heterocycles. The van der Waals surface area contributed by atoms with Crippen molar-refractivity contribution < 1.29 is 27.5 Å². The number of halogens is 2. The minimum atomic E-state index is -3.79. The molecule has 1 unspecified atom stereocenters. The molecule has 31 heavy (non-hydrogen) atoms. The molecule has 1 amide bonds. The Morgan fingerprint density at radius 1 is 1.39 bits per heavy atom. The van der Waals surface area contributed by atoms with E-state index < -0.39 is 28.5 Å². The Bertz CT molecular complexity index is 990. The molecule has 2 aromatic rings. The number of hydrogen-bond donors (Lipinski definition) is 1. The van der Waals surface area contributed by atoms with Gasteiger partial charge in [0, 0.05) is 37.2 Å². The summed E-state index contributed by atoms with van der Waals surface area (Å²) in [4.78, 5) is 19.0. The quantitative estimate of drug-likeness (QED) is 0.338. The van der Waals surface area contributed by atoms with E-state index in [2.05, 4.69) is 9.97 Å². The summed E-state index contributed by atoms with van der Waals surface area (Å²) in [5.41, 5.74) is 0.742. The second-order valence-corrected chi connectivity index (χ2v) is 9.47. The number of alkyl halides is 1. The number of carbonyl (C=O) groups excluding carboxylic acids is 1. The van der Waals surface area contributed by atoms with Crippen molar-refractivity contribution in [1.29, 1.82) is 0 Å². The summed E-state index contributed by atoms with van der Waals surface area (Å²) < 4.78 is 45.6. The molecule has 2 aromatic heterocycles. The molecule has 0 saturated carbocycles. The van der Waals surface area contributed by atoms with Crippen LogP contribution in [0, 0.1) is 0 Å². The van der Waals surface area contributed by atoms with Crippen LogP contribution in [0.5, 0.6) is 5.88 Å². The molecular weight excluding hydrogens is 451 g/mol. The second-order valence-electron chi connectivity index (χ2n) is 7.05. The SMILES string of the molecule is O=CN(O)C(CS(=O)(=O)N1CCC(Oc2ncc(CF)cc2Cl)CC1)c1cccnc1. The van der Waals surface area contributed by atoms with Crippen LogP contribution in [0.1, 0.15) is 30.0 Å². The Balaban J connectivity index is 1.63. The minimum Gasteiger partial charge on any atom is -0.473 e. The summed E-state index contributed by atoms with van der Waals surface area (Å²) in [7, 11) is -3.79. The number of carbonyl (C=O) groups is 1. The van der Waals surface area contributed by atoms with Crippen molar-refractivity contribution in [2.24, 2.45) is 0 Å². The summed E-state index contributed by atoms with van der Waals surface area (Å²) in [6, 6.07) is 3.54. The molecule has 1 atom stereocenters. The molecular formula is C19H22ClFN4O5S. The van der Waals surface area contributed by atoms with Crippen LogP contribution < -0.4 is 4.74 Å². The van der Waals surface area contributed by atoms with E-state index in [0.29, 0.717) is 29.0 Å². The van der Waals surface area contributed by atoms with E-state index in [0.717, 1.165) is 0 Å². The third-order valence-corrected chi connectivity index (χ3v) is 7.12. The predicted molar refractivity (Wildman–Crippen MR) is 110 cm³/mol. The number of ether oxygens (including phenoxy) is 1. The van der Waals surface area contributed by atoms with Gasteiger partial charge in [0.25, 0.3) is 0 Å².